The fourth-order valence-corrected chi connectivity index (χ4v) is 3.43. The number of nitrogens with one attached hydrogen (secondary N) is 2. The molecule has 0 unspecified atom stereocenters. The Kier molecular flexibility index (Phi) is 6.01. The second kappa shape index (κ2) is 8.43. The molecule has 0 saturated carbocycles. The summed E-state index contributed by atoms with van der Waals surface area (Å²) in [5, 5.41) is 6.32. The largest absolute Gasteiger partial charge is 0.381 e. The molecule has 2 aromatic carbocycles. The smallest absolute Gasteiger partial charge is 0.235 e. The molecule has 2 N–H and O–H groups in total. The highest BCUT2D eigenvalue weighted by molar-refractivity contribution is 5.99. The zero-order valence-corrected chi connectivity index (χ0v) is 15.1. The van der Waals surface area contributed by atoms with Crippen LogP contribution in [0.3, 0.4) is 0 Å². The van der Waals surface area contributed by atoms with Gasteiger partial charge >= 0.3 is 0 Å². The summed E-state index contributed by atoms with van der Waals surface area (Å²) in [5.41, 5.74) is 1.81. The van der Waals surface area contributed by atoms with Gasteiger partial charge in [0.1, 0.15) is 5.82 Å². The summed E-state index contributed by atoms with van der Waals surface area (Å²) in [6.07, 6.45) is 1.08. The molecule has 0 radical (unpaired) electrons. The molecule has 0 spiro atoms. The van der Waals surface area contributed by atoms with Crippen LogP contribution in [0.2, 0.25) is 0 Å². The van der Waals surface area contributed by atoms with Crippen LogP contribution in [-0.4, -0.2) is 25.7 Å². The van der Waals surface area contributed by atoms with Gasteiger partial charge in [-0.05, 0) is 54.8 Å². The molecule has 0 aliphatic carbocycles. The minimum absolute atomic E-state index is 0.105. The summed E-state index contributed by atoms with van der Waals surface area (Å²) in [6, 6.07) is 14.2. The van der Waals surface area contributed by atoms with E-state index in [9.17, 15) is 9.18 Å². The summed E-state index contributed by atoms with van der Waals surface area (Å²) in [6.45, 7) is 4.68. The summed E-state index contributed by atoms with van der Waals surface area (Å²) in [4.78, 5) is 13.2. The van der Waals surface area contributed by atoms with E-state index in [4.69, 9.17) is 4.74 Å². The zero-order chi connectivity index (χ0) is 18.4. The first kappa shape index (κ1) is 18.5. The molecule has 3 rings (SSSR count). The van der Waals surface area contributed by atoms with Gasteiger partial charge in [0.05, 0.1) is 5.41 Å². The van der Waals surface area contributed by atoms with E-state index < -0.39 is 5.41 Å². The van der Waals surface area contributed by atoms with Gasteiger partial charge in [0.15, 0.2) is 0 Å². The Labute approximate surface area is 153 Å². The minimum Gasteiger partial charge on any atom is -0.381 e. The summed E-state index contributed by atoms with van der Waals surface area (Å²) < 4.78 is 19.2. The van der Waals surface area contributed by atoms with Crippen LogP contribution in [0.25, 0.3) is 0 Å². The van der Waals surface area contributed by atoms with Crippen LogP contribution in [-0.2, 0) is 21.5 Å². The third-order valence-corrected chi connectivity index (χ3v) is 4.92. The van der Waals surface area contributed by atoms with Crippen LogP contribution < -0.4 is 10.6 Å². The van der Waals surface area contributed by atoms with E-state index in [0.717, 1.165) is 24.3 Å². The summed E-state index contributed by atoms with van der Waals surface area (Å²) in [7, 11) is 0. The predicted molar refractivity (Wildman–Crippen MR) is 101 cm³/mol. The van der Waals surface area contributed by atoms with Crippen LogP contribution in [0.1, 0.15) is 30.9 Å². The van der Waals surface area contributed by atoms with Gasteiger partial charge < -0.3 is 15.4 Å². The Morgan fingerprint density at radius 2 is 1.92 bits per heavy atom. The van der Waals surface area contributed by atoms with Crippen LogP contribution in [0.5, 0.6) is 0 Å². The van der Waals surface area contributed by atoms with E-state index in [0.29, 0.717) is 31.6 Å². The molecule has 138 valence electrons. The number of ether oxygens (including phenoxy) is 1. The molecule has 5 heteroatoms. The Morgan fingerprint density at radius 3 is 2.65 bits per heavy atom. The second-order valence-corrected chi connectivity index (χ2v) is 6.64. The number of rotatable bonds is 6. The zero-order valence-electron chi connectivity index (χ0n) is 15.1. The van der Waals surface area contributed by atoms with Crippen LogP contribution in [0, 0.1) is 5.82 Å². The Morgan fingerprint density at radius 1 is 1.15 bits per heavy atom. The van der Waals surface area contributed by atoms with Crippen LogP contribution in [0.15, 0.2) is 48.5 Å². The Hall–Kier alpha value is -2.24. The van der Waals surface area contributed by atoms with Gasteiger partial charge in [-0.3, -0.25) is 4.79 Å². The first-order chi connectivity index (χ1) is 12.6. The van der Waals surface area contributed by atoms with Crippen molar-refractivity contribution in [1.29, 1.82) is 0 Å². The average molecular weight is 356 g/mol. The third-order valence-electron chi connectivity index (χ3n) is 4.92. The first-order valence-corrected chi connectivity index (χ1v) is 9.09. The lowest BCUT2D eigenvalue weighted by atomic mass is 9.73. The van der Waals surface area contributed by atoms with Crippen molar-refractivity contribution in [2.45, 2.75) is 31.7 Å². The van der Waals surface area contributed by atoms with Crippen molar-refractivity contribution in [3.8, 4) is 0 Å². The SMILES string of the molecule is CCNCc1cccc(NC(=O)C2(c3cccc(F)c3)CCOCC2)c1. The predicted octanol–water partition coefficient (Wildman–Crippen LogP) is 3.62. The molecule has 26 heavy (non-hydrogen) atoms. The third kappa shape index (κ3) is 4.11. The summed E-state index contributed by atoms with van der Waals surface area (Å²) >= 11 is 0. The number of anilines is 1. The maximum atomic E-state index is 13.8. The highest BCUT2D eigenvalue weighted by Gasteiger charge is 2.42. The topological polar surface area (TPSA) is 50.4 Å². The van der Waals surface area contributed by atoms with Crippen molar-refractivity contribution in [1.82, 2.24) is 5.32 Å². The quantitative estimate of drug-likeness (QED) is 0.831. The molecule has 1 aliphatic rings. The van der Waals surface area contributed by atoms with E-state index in [1.54, 1.807) is 6.07 Å². The van der Waals surface area contributed by atoms with Crippen molar-refractivity contribution in [3.63, 3.8) is 0 Å². The Bertz CT molecular complexity index is 757. The van der Waals surface area contributed by atoms with Crippen molar-refractivity contribution >= 4 is 11.6 Å². The molecule has 1 heterocycles. The first-order valence-electron chi connectivity index (χ1n) is 9.09. The molecule has 0 aromatic heterocycles. The fraction of sp³-hybridized carbons (Fsp3) is 0.381. The summed E-state index contributed by atoms with van der Waals surface area (Å²) in [5.74, 6) is -0.430. The lowest BCUT2D eigenvalue weighted by Gasteiger charge is -2.36. The molecule has 1 fully saturated rings. The van der Waals surface area contributed by atoms with Crippen molar-refractivity contribution in [2.75, 3.05) is 25.1 Å². The number of halogens is 1. The molecule has 1 amide bonds. The molecule has 4 nitrogen and oxygen atoms in total. The lowest BCUT2D eigenvalue weighted by molar-refractivity contribution is -0.125. The molecule has 0 atom stereocenters. The molecule has 0 bridgehead atoms. The normalized spacial score (nSPS) is 16.2. The number of carbonyl (C=O) groups excluding carboxylic acids is 1. The van der Waals surface area contributed by atoms with Crippen molar-refractivity contribution in [2.24, 2.45) is 0 Å². The maximum Gasteiger partial charge on any atom is 0.235 e. The van der Waals surface area contributed by atoms with E-state index >= 15 is 0 Å². The van der Waals surface area contributed by atoms with Crippen LogP contribution >= 0.6 is 0 Å². The van der Waals surface area contributed by atoms with Crippen LogP contribution in [0.4, 0.5) is 10.1 Å². The van der Waals surface area contributed by atoms with Gasteiger partial charge in [0.2, 0.25) is 5.91 Å². The molecule has 2 aromatic rings. The number of amides is 1. The van der Waals surface area contributed by atoms with Gasteiger partial charge in [0, 0.05) is 25.4 Å². The van der Waals surface area contributed by atoms with Gasteiger partial charge in [-0.25, -0.2) is 4.39 Å². The fourth-order valence-electron chi connectivity index (χ4n) is 3.43. The van der Waals surface area contributed by atoms with Crippen molar-refractivity contribution < 1.29 is 13.9 Å². The van der Waals surface area contributed by atoms with E-state index in [1.165, 1.54) is 12.1 Å². The van der Waals surface area contributed by atoms with Gasteiger partial charge in [0.25, 0.3) is 0 Å². The lowest BCUT2D eigenvalue weighted by Crippen LogP contribution is -2.45. The Balaban J connectivity index is 1.85. The monoisotopic (exact) mass is 356 g/mol. The highest BCUT2D eigenvalue weighted by atomic mass is 19.1. The van der Waals surface area contributed by atoms with Gasteiger partial charge in [-0.15, -0.1) is 0 Å². The average Bonchev–Trinajstić information content (AvgIpc) is 2.67. The number of carbonyl (C=O) groups is 1. The number of benzene rings is 2. The van der Waals surface area contributed by atoms with Gasteiger partial charge in [-0.2, -0.15) is 0 Å². The molecule has 1 saturated heterocycles. The van der Waals surface area contributed by atoms with E-state index in [2.05, 4.69) is 17.6 Å². The van der Waals surface area contributed by atoms with Crippen molar-refractivity contribution in [3.05, 3.63) is 65.5 Å². The van der Waals surface area contributed by atoms with E-state index in [1.807, 2.05) is 30.3 Å². The van der Waals surface area contributed by atoms with Gasteiger partial charge in [-0.1, -0.05) is 31.2 Å². The molecular weight excluding hydrogens is 331 g/mol. The number of hydrogen-bond acceptors (Lipinski definition) is 3. The standard InChI is InChI=1S/C21H25FN2O2/c1-2-23-15-16-5-3-8-19(13-16)24-20(25)21(9-11-26-12-10-21)17-6-4-7-18(22)14-17/h3-8,13-14,23H,2,9-12,15H2,1H3,(H,24,25). The number of hydrogen-bond donors (Lipinski definition) is 2. The van der Waals surface area contributed by atoms with E-state index in [-0.39, 0.29) is 11.7 Å². The maximum absolute atomic E-state index is 13.8. The minimum atomic E-state index is -0.766. The highest BCUT2D eigenvalue weighted by Crippen LogP contribution is 2.36. The molecule has 1 aliphatic heterocycles. The molecular formula is C21H25FN2O2. The second-order valence-electron chi connectivity index (χ2n) is 6.64.